The summed E-state index contributed by atoms with van der Waals surface area (Å²) >= 11 is 6.03. The summed E-state index contributed by atoms with van der Waals surface area (Å²) in [6, 6.07) is 20.2. The molecule has 0 aliphatic heterocycles. The normalized spacial score (nSPS) is 10.9. The van der Waals surface area contributed by atoms with Crippen molar-refractivity contribution in [2.45, 2.75) is 13.8 Å². The lowest BCUT2D eigenvalue weighted by molar-refractivity contribution is -0.136. The molecule has 0 saturated heterocycles. The molecule has 0 spiro atoms. The van der Waals surface area contributed by atoms with E-state index in [1.54, 1.807) is 79.7 Å². The van der Waals surface area contributed by atoms with E-state index in [9.17, 15) is 14.4 Å². The molecule has 3 aromatic rings. The molecule has 0 fully saturated rings. The second kappa shape index (κ2) is 10.4. The summed E-state index contributed by atoms with van der Waals surface area (Å²) in [5.74, 6) is -2.10. The van der Waals surface area contributed by atoms with E-state index in [4.69, 9.17) is 16.3 Å². The van der Waals surface area contributed by atoms with Gasteiger partial charge in [0.25, 0.3) is 0 Å². The number of hydrazone groups is 1. The topological polar surface area (TPSA) is 96.9 Å². The Bertz CT molecular complexity index is 1190. The molecule has 0 heterocycles. The lowest BCUT2D eigenvalue weighted by atomic mass is 10.1. The molecular weight excluding hydrogens is 430 g/mol. The third-order valence-electron chi connectivity index (χ3n) is 4.45. The van der Waals surface area contributed by atoms with Crippen molar-refractivity contribution in [2.75, 3.05) is 5.32 Å². The Labute approximate surface area is 190 Å². The number of aryl methyl sites for hydroxylation is 1. The third kappa shape index (κ3) is 5.80. The molecule has 32 heavy (non-hydrogen) atoms. The highest BCUT2D eigenvalue weighted by molar-refractivity contribution is 6.40. The van der Waals surface area contributed by atoms with Crippen molar-refractivity contribution in [1.29, 1.82) is 0 Å². The summed E-state index contributed by atoms with van der Waals surface area (Å²) in [4.78, 5) is 36.6. The molecule has 2 amide bonds. The number of carbonyl (C=O) groups is 3. The van der Waals surface area contributed by atoms with Gasteiger partial charge in [-0.15, -0.1) is 0 Å². The molecule has 0 aliphatic rings. The number of anilines is 1. The van der Waals surface area contributed by atoms with Crippen molar-refractivity contribution < 1.29 is 19.1 Å². The van der Waals surface area contributed by atoms with Crippen molar-refractivity contribution in [2.24, 2.45) is 5.10 Å². The second-order valence-electron chi connectivity index (χ2n) is 6.81. The summed E-state index contributed by atoms with van der Waals surface area (Å²) in [5, 5.41) is 6.89. The Hall–Kier alpha value is -3.97. The minimum atomic E-state index is -0.959. The predicted molar refractivity (Wildman–Crippen MR) is 123 cm³/mol. The van der Waals surface area contributed by atoms with Crippen molar-refractivity contribution in [3.63, 3.8) is 0 Å². The first-order valence-electron chi connectivity index (χ1n) is 9.63. The van der Waals surface area contributed by atoms with E-state index < -0.39 is 17.8 Å². The fraction of sp³-hybridized carbons (Fsp3) is 0.0833. The van der Waals surface area contributed by atoms with Gasteiger partial charge >= 0.3 is 17.8 Å². The Morgan fingerprint density at radius 2 is 1.59 bits per heavy atom. The quantitative estimate of drug-likeness (QED) is 0.199. The van der Waals surface area contributed by atoms with Gasteiger partial charge in [0, 0.05) is 16.3 Å². The number of para-hydroxylation sites is 1. The number of ether oxygens (including phenoxy) is 1. The number of nitrogens with one attached hydrogen (secondary N) is 2. The molecule has 162 valence electrons. The summed E-state index contributed by atoms with van der Waals surface area (Å²) in [5.41, 5.74) is 4.68. The number of nitrogens with zero attached hydrogens (tertiary/aromatic N) is 1. The van der Waals surface area contributed by atoms with Gasteiger partial charge in [0.15, 0.2) is 0 Å². The largest absolute Gasteiger partial charge is 0.422 e. The molecule has 0 unspecified atom stereocenters. The summed E-state index contributed by atoms with van der Waals surface area (Å²) < 4.78 is 5.48. The first-order chi connectivity index (χ1) is 15.3. The SMILES string of the molecule is CC(=NNC(=O)C(=O)Nc1ccc(C)c(Cl)c1)c1ccccc1OC(=O)c1ccccc1. The van der Waals surface area contributed by atoms with Crippen LogP contribution in [0.3, 0.4) is 0 Å². The molecular formula is C24H20ClN3O4. The fourth-order valence-electron chi connectivity index (χ4n) is 2.69. The molecule has 2 N–H and O–H groups in total. The van der Waals surface area contributed by atoms with Crippen LogP contribution in [-0.2, 0) is 9.59 Å². The first kappa shape index (κ1) is 22.7. The molecule has 0 aromatic heterocycles. The average Bonchev–Trinajstić information content (AvgIpc) is 2.80. The van der Waals surface area contributed by atoms with E-state index in [0.717, 1.165) is 5.56 Å². The highest BCUT2D eigenvalue weighted by Crippen LogP contribution is 2.21. The summed E-state index contributed by atoms with van der Waals surface area (Å²) in [6.07, 6.45) is 0. The highest BCUT2D eigenvalue weighted by atomic mass is 35.5. The molecule has 0 radical (unpaired) electrons. The van der Waals surface area contributed by atoms with Gasteiger partial charge in [-0.1, -0.05) is 48.0 Å². The molecule has 0 aliphatic carbocycles. The second-order valence-corrected chi connectivity index (χ2v) is 7.22. The van der Waals surface area contributed by atoms with Gasteiger partial charge in [0.1, 0.15) is 5.75 Å². The van der Waals surface area contributed by atoms with E-state index in [1.165, 1.54) is 0 Å². The zero-order chi connectivity index (χ0) is 23.1. The Morgan fingerprint density at radius 1 is 0.906 bits per heavy atom. The fourth-order valence-corrected chi connectivity index (χ4v) is 2.87. The maximum absolute atomic E-state index is 12.4. The molecule has 0 atom stereocenters. The minimum Gasteiger partial charge on any atom is -0.422 e. The number of hydrogen-bond donors (Lipinski definition) is 2. The number of esters is 1. The minimum absolute atomic E-state index is 0.274. The monoisotopic (exact) mass is 449 g/mol. The standard InChI is InChI=1S/C24H20ClN3O4/c1-15-12-13-18(14-20(15)25)26-22(29)23(30)28-27-16(2)19-10-6-7-11-21(19)32-24(31)17-8-4-3-5-9-17/h3-14H,1-2H3,(H,26,29)(H,28,30). The number of amides is 2. The zero-order valence-electron chi connectivity index (χ0n) is 17.4. The summed E-state index contributed by atoms with van der Waals surface area (Å²) in [7, 11) is 0. The van der Waals surface area contributed by atoms with Crippen LogP contribution in [0.4, 0.5) is 5.69 Å². The molecule has 0 bridgehead atoms. The van der Waals surface area contributed by atoms with Crippen molar-refractivity contribution in [3.8, 4) is 5.75 Å². The number of rotatable bonds is 5. The van der Waals surface area contributed by atoms with Gasteiger partial charge in [0.05, 0.1) is 11.3 Å². The number of hydrogen-bond acceptors (Lipinski definition) is 5. The van der Waals surface area contributed by atoms with Crippen LogP contribution in [0.2, 0.25) is 5.02 Å². The third-order valence-corrected chi connectivity index (χ3v) is 4.86. The van der Waals surface area contributed by atoms with Crippen LogP contribution in [-0.4, -0.2) is 23.5 Å². The number of benzene rings is 3. The van der Waals surface area contributed by atoms with E-state index in [0.29, 0.717) is 27.5 Å². The van der Waals surface area contributed by atoms with Gasteiger partial charge in [-0.05, 0) is 55.8 Å². The maximum atomic E-state index is 12.4. The molecule has 8 heteroatoms. The summed E-state index contributed by atoms with van der Waals surface area (Å²) in [6.45, 7) is 3.44. The number of halogens is 1. The highest BCUT2D eigenvalue weighted by Gasteiger charge is 2.16. The maximum Gasteiger partial charge on any atom is 0.343 e. The number of carbonyl (C=O) groups excluding carboxylic acids is 3. The van der Waals surface area contributed by atoms with Crippen LogP contribution in [0.5, 0.6) is 5.75 Å². The Kier molecular flexibility index (Phi) is 7.36. The van der Waals surface area contributed by atoms with Crippen molar-refractivity contribution in [3.05, 3.63) is 94.5 Å². The van der Waals surface area contributed by atoms with Crippen molar-refractivity contribution >= 4 is 40.8 Å². The lowest BCUT2D eigenvalue weighted by Gasteiger charge is -2.10. The van der Waals surface area contributed by atoms with Crippen LogP contribution >= 0.6 is 11.6 Å². The van der Waals surface area contributed by atoms with Crippen LogP contribution in [0.15, 0.2) is 77.9 Å². The van der Waals surface area contributed by atoms with Crippen LogP contribution < -0.4 is 15.5 Å². The van der Waals surface area contributed by atoms with Crippen LogP contribution in [0.1, 0.15) is 28.4 Å². The smallest absolute Gasteiger partial charge is 0.343 e. The van der Waals surface area contributed by atoms with Crippen LogP contribution in [0, 0.1) is 6.92 Å². The van der Waals surface area contributed by atoms with Gasteiger partial charge < -0.3 is 10.1 Å². The molecule has 0 saturated carbocycles. The van der Waals surface area contributed by atoms with Crippen molar-refractivity contribution in [1.82, 2.24) is 5.43 Å². The van der Waals surface area contributed by atoms with E-state index >= 15 is 0 Å². The molecule has 3 rings (SSSR count). The van der Waals surface area contributed by atoms with E-state index in [2.05, 4.69) is 15.8 Å². The van der Waals surface area contributed by atoms with E-state index in [-0.39, 0.29) is 5.75 Å². The van der Waals surface area contributed by atoms with Gasteiger partial charge in [0.2, 0.25) is 0 Å². The Balaban J connectivity index is 1.68. The first-order valence-corrected chi connectivity index (χ1v) is 10.0. The van der Waals surface area contributed by atoms with Gasteiger partial charge in [-0.3, -0.25) is 9.59 Å². The molecule has 7 nitrogen and oxygen atoms in total. The molecule has 3 aromatic carbocycles. The zero-order valence-corrected chi connectivity index (χ0v) is 18.1. The van der Waals surface area contributed by atoms with Crippen LogP contribution in [0.25, 0.3) is 0 Å². The lowest BCUT2D eigenvalue weighted by Crippen LogP contribution is -2.33. The average molecular weight is 450 g/mol. The predicted octanol–water partition coefficient (Wildman–Crippen LogP) is 4.35. The Morgan fingerprint density at radius 3 is 2.31 bits per heavy atom. The van der Waals surface area contributed by atoms with Gasteiger partial charge in [-0.25, -0.2) is 10.2 Å². The van der Waals surface area contributed by atoms with E-state index in [1.807, 2.05) is 6.92 Å². The van der Waals surface area contributed by atoms with Gasteiger partial charge in [-0.2, -0.15) is 5.10 Å².